The summed E-state index contributed by atoms with van der Waals surface area (Å²) in [6, 6.07) is 0. The SMILES string of the molecule is CCCCCCC(C)[C](C)CC(C)C. The van der Waals surface area contributed by atoms with Crippen molar-refractivity contribution in [3.05, 3.63) is 5.92 Å². The van der Waals surface area contributed by atoms with Crippen LogP contribution in [0.5, 0.6) is 0 Å². The minimum atomic E-state index is 0.827. The smallest absolute Gasteiger partial charge is 0.0241 e. The molecule has 1 unspecified atom stereocenters. The van der Waals surface area contributed by atoms with Crippen molar-refractivity contribution in [2.75, 3.05) is 0 Å². The molecule has 0 spiro atoms. The van der Waals surface area contributed by atoms with Crippen molar-refractivity contribution in [3.63, 3.8) is 0 Å². The first-order valence-electron chi connectivity index (χ1n) is 6.40. The van der Waals surface area contributed by atoms with Gasteiger partial charge in [-0.15, -0.1) is 0 Å². The zero-order valence-electron chi connectivity index (χ0n) is 10.9. The summed E-state index contributed by atoms with van der Waals surface area (Å²) in [4.78, 5) is 0. The van der Waals surface area contributed by atoms with Gasteiger partial charge in [0.05, 0.1) is 0 Å². The van der Waals surface area contributed by atoms with E-state index in [4.69, 9.17) is 0 Å². The zero-order chi connectivity index (χ0) is 11.0. The first-order chi connectivity index (χ1) is 6.57. The predicted octanol–water partition coefficient (Wildman–Crippen LogP) is 5.23. The van der Waals surface area contributed by atoms with Crippen molar-refractivity contribution in [3.8, 4) is 0 Å². The lowest BCUT2D eigenvalue weighted by molar-refractivity contribution is 0.448. The van der Waals surface area contributed by atoms with E-state index < -0.39 is 0 Å². The van der Waals surface area contributed by atoms with Crippen LogP contribution in [-0.2, 0) is 0 Å². The first kappa shape index (κ1) is 14.0. The Bertz CT molecular complexity index is 115. The summed E-state index contributed by atoms with van der Waals surface area (Å²) in [5.41, 5.74) is 0. The maximum atomic E-state index is 2.39. The lowest BCUT2D eigenvalue weighted by atomic mass is 9.85. The highest BCUT2D eigenvalue weighted by Crippen LogP contribution is 2.26. The van der Waals surface area contributed by atoms with Gasteiger partial charge in [0.25, 0.3) is 0 Å². The van der Waals surface area contributed by atoms with Crippen molar-refractivity contribution >= 4 is 0 Å². The van der Waals surface area contributed by atoms with E-state index in [1.165, 1.54) is 38.5 Å². The van der Waals surface area contributed by atoms with Crippen LogP contribution in [0.3, 0.4) is 0 Å². The molecular formula is C14H29. The number of unbranched alkanes of at least 4 members (excludes halogenated alkanes) is 3. The van der Waals surface area contributed by atoms with Gasteiger partial charge in [0.1, 0.15) is 0 Å². The lowest BCUT2D eigenvalue weighted by Gasteiger charge is -2.20. The molecule has 0 amide bonds. The number of hydrogen-bond acceptors (Lipinski definition) is 0. The molecule has 1 atom stereocenters. The molecule has 0 fully saturated rings. The highest BCUT2D eigenvalue weighted by Gasteiger charge is 2.13. The van der Waals surface area contributed by atoms with Gasteiger partial charge in [-0.25, -0.2) is 0 Å². The van der Waals surface area contributed by atoms with E-state index >= 15 is 0 Å². The molecule has 0 aliphatic rings. The molecule has 0 nitrogen and oxygen atoms in total. The fraction of sp³-hybridized carbons (Fsp3) is 0.929. The quantitative estimate of drug-likeness (QED) is 0.467. The van der Waals surface area contributed by atoms with E-state index in [2.05, 4.69) is 34.6 Å². The molecule has 0 saturated carbocycles. The van der Waals surface area contributed by atoms with Gasteiger partial charge in [0.2, 0.25) is 0 Å². The van der Waals surface area contributed by atoms with Crippen LogP contribution in [0, 0.1) is 17.8 Å². The van der Waals surface area contributed by atoms with Gasteiger partial charge >= 0.3 is 0 Å². The van der Waals surface area contributed by atoms with E-state index in [-0.39, 0.29) is 0 Å². The van der Waals surface area contributed by atoms with Crippen molar-refractivity contribution in [1.82, 2.24) is 0 Å². The van der Waals surface area contributed by atoms with E-state index in [9.17, 15) is 0 Å². The van der Waals surface area contributed by atoms with Crippen molar-refractivity contribution in [1.29, 1.82) is 0 Å². The topological polar surface area (TPSA) is 0 Å². The van der Waals surface area contributed by atoms with Gasteiger partial charge in [-0.1, -0.05) is 66.7 Å². The fourth-order valence-corrected chi connectivity index (χ4v) is 1.97. The zero-order valence-corrected chi connectivity index (χ0v) is 10.9. The molecule has 0 aromatic carbocycles. The van der Waals surface area contributed by atoms with Gasteiger partial charge < -0.3 is 0 Å². The highest BCUT2D eigenvalue weighted by molar-refractivity contribution is 4.90. The fourth-order valence-electron chi connectivity index (χ4n) is 1.97. The Morgan fingerprint density at radius 1 is 1.00 bits per heavy atom. The molecule has 0 aliphatic heterocycles. The van der Waals surface area contributed by atoms with Crippen LogP contribution in [0.4, 0.5) is 0 Å². The lowest BCUT2D eigenvalue weighted by Crippen LogP contribution is -2.08. The normalized spacial score (nSPS) is 13.9. The first-order valence-corrected chi connectivity index (χ1v) is 6.40. The second-order valence-corrected chi connectivity index (χ2v) is 5.19. The van der Waals surface area contributed by atoms with Gasteiger partial charge in [-0.3, -0.25) is 0 Å². The standard InChI is InChI=1S/C14H29/c1-6-7-8-9-10-13(4)14(5)11-12(2)3/h12-13H,6-11H2,1-5H3. The van der Waals surface area contributed by atoms with Gasteiger partial charge in [-0.05, 0) is 24.2 Å². The van der Waals surface area contributed by atoms with Crippen LogP contribution in [0.25, 0.3) is 0 Å². The van der Waals surface area contributed by atoms with E-state index in [1.54, 1.807) is 5.92 Å². The molecule has 0 saturated heterocycles. The average Bonchev–Trinajstić information content (AvgIpc) is 2.11. The summed E-state index contributed by atoms with van der Waals surface area (Å²) in [6.07, 6.45) is 8.33. The molecule has 1 radical (unpaired) electrons. The van der Waals surface area contributed by atoms with Crippen molar-refractivity contribution in [2.45, 2.75) is 73.1 Å². The van der Waals surface area contributed by atoms with Gasteiger partial charge in [-0.2, -0.15) is 0 Å². The summed E-state index contributed by atoms with van der Waals surface area (Å²) < 4.78 is 0. The van der Waals surface area contributed by atoms with Crippen LogP contribution < -0.4 is 0 Å². The summed E-state index contributed by atoms with van der Waals surface area (Å²) >= 11 is 0. The van der Waals surface area contributed by atoms with Crippen LogP contribution >= 0.6 is 0 Å². The number of rotatable bonds is 8. The molecule has 0 rings (SSSR count). The van der Waals surface area contributed by atoms with E-state index in [0.29, 0.717) is 0 Å². The molecule has 0 heterocycles. The minimum absolute atomic E-state index is 0.827. The Morgan fingerprint density at radius 2 is 1.64 bits per heavy atom. The van der Waals surface area contributed by atoms with Crippen LogP contribution in [-0.4, -0.2) is 0 Å². The summed E-state index contributed by atoms with van der Waals surface area (Å²) in [5, 5.41) is 0. The highest BCUT2D eigenvalue weighted by atomic mass is 14.2. The Kier molecular flexibility index (Phi) is 8.32. The Hall–Kier alpha value is 0. The van der Waals surface area contributed by atoms with Crippen molar-refractivity contribution < 1.29 is 0 Å². The average molecular weight is 197 g/mol. The second-order valence-electron chi connectivity index (χ2n) is 5.19. The maximum Gasteiger partial charge on any atom is -0.0241 e. The molecule has 0 aromatic rings. The maximum absolute atomic E-state index is 2.39. The summed E-state index contributed by atoms with van der Waals surface area (Å²) in [6.45, 7) is 11.6. The Morgan fingerprint density at radius 3 is 2.14 bits per heavy atom. The summed E-state index contributed by atoms with van der Waals surface area (Å²) in [7, 11) is 0. The summed E-state index contributed by atoms with van der Waals surface area (Å²) in [5.74, 6) is 3.37. The molecule has 0 aliphatic carbocycles. The van der Waals surface area contributed by atoms with Gasteiger partial charge in [0.15, 0.2) is 0 Å². The molecule has 0 bridgehead atoms. The van der Waals surface area contributed by atoms with Crippen LogP contribution in [0.1, 0.15) is 73.1 Å². The van der Waals surface area contributed by atoms with Gasteiger partial charge in [0, 0.05) is 0 Å². The molecule has 14 heavy (non-hydrogen) atoms. The molecule has 0 heteroatoms. The molecule has 0 aromatic heterocycles. The Labute approximate surface area is 91.5 Å². The third kappa shape index (κ3) is 7.41. The van der Waals surface area contributed by atoms with Crippen molar-refractivity contribution in [2.24, 2.45) is 11.8 Å². The number of hydrogen-bond donors (Lipinski definition) is 0. The van der Waals surface area contributed by atoms with E-state index in [1.807, 2.05) is 0 Å². The monoisotopic (exact) mass is 197 g/mol. The third-order valence-corrected chi connectivity index (χ3v) is 3.06. The molecule has 0 N–H and O–H groups in total. The minimum Gasteiger partial charge on any atom is -0.0654 e. The van der Waals surface area contributed by atoms with Crippen LogP contribution in [0.15, 0.2) is 0 Å². The van der Waals surface area contributed by atoms with E-state index in [0.717, 1.165) is 11.8 Å². The largest absolute Gasteiger partial charge is 0.0654 e. The molecule has 85 valence electrons. The Balaban J connectivity index is 3.46. The van der Waals surface area contributed by atoms with Crippen LogP contribution in [0.2, 0.25) is 0 Å². The molecular weight excluding hydrogens is 168 g/mol. The third-order valence-electron chi connectivity index (χ3n) is 3.06. The predicted molar refractivity (Wildman–Crippen MR) is 66.3 cm³/mol. The second kappa shape index (κ2) is 8.32.